The zero-order valence-corrected chi connectivity index (χ0v) is 11.8. The summed E-state index contributed by atoms with van der Waals surface area (Å²) in [6.45, 7) is 0.832. The van der Waals surface area contributed by atoms with Gasteiger partial charge >= 0.3 is 5.69 Å². The molecule has 1 fully saturated rings. The predicted molar refractivity (Wildman–Crippen MR) is 78.7 cm³/mol. The number of aromatic amines is 1. The monoisotopic (exact) mass is 297 g/mol. The molecule has 22 heavy (non-hydrogen) atoms. The third kappa shape index (κ3) is 1.97. The van der Waals surface area contributed by atoms with Crippen LogP contribution in [0.4, 0.5) is 0 Å². The highest BCUT2D eigenvalue weighted by Gasteiger charge is 2.41. The van der Waals surface area contributed by atoms with Gasteiger partial charge in [0.1, 0.15) is 0 Å². The number of allylic oxidation sites excluding steroid dienone is 1. The average Bonchev–Trinajstić information content (AvgIpc) is 2.95. The normalized spacial score (nSPS) is 23.0. The fourth-order valence-electron chi connectivity index (χ4n) is 3.20. The Morgan fingerprint density at radius 2 is 1.95 bits per heavy atom. The molecule has 2 aromatic rings. The third-order valence-corrected chi connectivity index (χ3v) is 4.45. The van der Waals surface area contributed by atoms with Crippen molar-refractivity contribution < 1.29 is 4.79 Å². The lowest BCUT2D eigenvalue weighted by molar-refractivity contribution is 0.0143. The molecule has 2 atom stereocenters. The van der Waals surface area contributed by atoms with Crippen LogP contribution in [-0.2, 0) is 0 Å². The smallest absolute Gasteiger partial charge is 0.335 e. The highest BCUT2D eigenvalue weighted by Crippen LogP contribution is 2.35. The second-order valence-corrected chi connectivity index (χ2v) is 5.69. The van der Waals surface area contributed by atoms with Crippen molar-refractivity contribution in [3.8, 4) is 5.69 Å². The number of carbonyl (C=O) groups is 1. The van der Waals surface area contributed by atoms with E-state index in [0.29, 0.717) is 23.2 Å². The number of likely N-dealkylation sites (tertiary alicyclic amines) is 1. The third-order valence-electron chi connectivity index (χ3n) is 4.45. The van der Waals surface area contributed by atoms with Gasteiger partial charge in [-0.05, 0) is 47.5 Å². The van der Waals surface area contributed by atoms with E-state index in [1.54, 1.807) is 24.3 Å². The van der Waals surface area contributed by atoms with Crippen LogP contribution in [0.5, 0.6) is 0 Å². The summed E-state index contributed by atoms with van der Waals surface area (Å²) in [5.74, 6) is 0.664. The standard InChI is InChI=1S/C15H15N5O2/c21-14(19-9-11-3-1-2-4-13(11)19)10-5-7-12(8-6-10)20-15(22)16-17-18-20/h1-2,5-8,11,13H,3-4,9H2,(H,16,18,22)/t11-,13-/m0/s1. The van der Waals surface area contributed by atoms with E-state index in [2.05, 4.69) is 27.7 Å². The van der Waals surface area contributed by atoms with E-state index in [-0.39, 0.29) is 5.91 Å². The van der Waals surface area contributed by atoms with Crippen LogP contribution >= 0.6 is 0 Å². The van der Waals surface area contributed by atoms with Gasteiger partial charge in [-0.1, -0.05) is 12.2 Å². The van der Waals surface area contributed by atoms with Crippen LogP contribution < -0.4 is 5.69 Å². The first-order chi connectivity index (χ1) is 10.7. The minimum atomic E-state index is -0.404. The summed E-state index contributed by atoms with van der Waals surface area (Å²) in [5.41, 5.74) is 0.810. The SMILES string of the molecule is O=C(c1ccc(-n2nn[nH]c2=O)cc1)N1C[C@@H]2CC=CC[C@@H]21. The number of fused-ring (bicyclic) bond motifs is 1. The van der Waals surface area contributed by atoms with E-state index in [9.17, 15) is 9.59 Å². The quantitative estimate of drug-likeness (QED) is 0.829. The Bertz CT molecular complexity index is 789. The van der Waals surface area contributed by atoms with Gasteiger partial charge in [-0.25, -0.2) is 9.89 Å². The predicted octanol–water partition coefficient (Wildman–Crippen LogP) is 0.746. The van der Waals surface area contributed by atoms with E-state index in [1.807, 2.05) is 4.90 Å². The Morgan fingerprint density at radius 1 is 1.18 bits per heavy atom. The molecular weight excluding hydrogens is 282 g/mol. The summed E-state index contributed by atoms with van der Waals surface area (Å²) in [6.07, 6.45) is 6.37. The van der Waals surface area contributed by atoms with Gasteiger partial charge in [0.05, 0.1) is 5.69 Å². The number of H-pyrrole nitrogens is 1. The van der Waals surface area contributed by atoms with Crippen LogP contribution in [0.1, 0.15) is 23.2 Å². The molecule has 1 saturated heterocycles. The minimum Gasteiger partial charge on any atom is -0.335 e. The van der Waals surface area contributed by atoms with Crippen LogP contribution in [-0.4, -0.2) is 43.6 Å². The number of rotatable bonds is 2. The van der Waals surface area contributed by atoms with Crippen molar-refractivity contribution in [3.05, 3.63) is 52.5 Å². The number of hydrogen-bond acceptors (Lipinski definition) is 4. The van der Waals surface area contributed by atoms with Gasteiger partial charge in [-0.3, -0.25) is 4.79 Å². The zero-order chi connectivity index (χ0) is 15.1. The molecule has 1 aliphatic carbocycles. The number of aromatic nitrogens is 4. The summed E-state index contributed by atoms with van der Waals surface area (Å²) in [4.78, 5) is 25.9. The topological polar surface area (TPSA) is 83.9 Å². The van der Waals surface area contributed by atoms with Gasteiger partial charge in [-0.2, -0.15) is 4.68 Å². The molecular formula is C15H15N5O2. The lowest BCUT2D eigenvalue weighted by atomic mass is 9.80. The number of hydrogen-bond donors (Lipinski definition) is 1. The lowest BCUT2D eigenvalue weighted by Crippen LogP contribution is -2.58. The Labute approximate surface area is 126 Å². The van der Waals surface area contributed by atoms with E-state index < -0.39 is 5.69 Å². The van der Waals surface area contributed by atoms with E-state index in [1.165, 1.54) is 0 Å². The van der Waals surface area contributed by atoms with Crippen molar-refractivity contribution in [3.63, 3.8) is 0 Å². The molecule has 1 N–H and O–H groups in total. The highest BCUT2D eigenvalue weighted by molar-refractivity contribution is 5.95. The maximum Gasteiger partial charge on any atom is 0.365 e. The van der Waals surface area contributed by atoms with Crippen LogP contribution in [0.2, 0.25) is 0 Å². The van der Waals surface area contributed by atoms with Crippen LogP contribution in [0.25, 0.3) is 5.69 Å². The summed E-state index contributed by atoms with van der Waals surface area (Å²) in [5, 5.41) is 9.35. The van der Waals surface area contributed by atoms with Gasteiger partial charge in [0, 0.05) is 24.1 Å². The summed E-state index contributed by atoms with van der Waals surface area (Å²) in [6, 6.07) is 7.20. The Kier molecular flexibility index (Phi) is 2.92. The number of carbonyl (C=O) groups excluding carboxylic acids is 1. The molecule has 0 unspecified atom stereocenters. The summed E-state index contributed by atoms with van der Waals surface area (Å²) >= 11 is 0. The fraction of sp³-hybridized carbons (Fsp3) is 0.333. The van der Waals surface area contributed by atoms with Crippen molar-refractivity contribution in [2.75, 3.05) is 6.54 Å². The number of nitrogens with zero attached hydrogens (tertiary/aromatic N) is 4. The van der Waals surface area contributed by atoms with E-state index >= 15 is 0 Å². The largest absolute Gasteiger partial charge is 0.365 e. The van der Waals surface area contributed by atoms with E-state index in [4.69, 9.17) is 0 Å². The van der Waals surface area contributed by atoms with Gasteiger partial charge in [-0.15, -0.1) is 0 Å². The van der Waals surface area contributed by atoms with E-state index in [0.717, 1.165) is 24.1 Å². The number of amides is 1. The highest BCUT2D eigenvalue weighted by atomic mass is 16.2. The number of benzene rings is 1. The molecule has 1 amide bonds. The number of nitrogens with one attached hydrogen (secondary N) is 1. The summed E-state index contributed by atoms with van der Waals surface area (Å²) < 4.78 is 1.15. The van der Waals surface area contributed by atoms with Crippen molar-refractivity contribution >= 4 is 5.91 Å². The molecule has 2 heterocycles. The fourth-order valence-corrected chi connectivity index (χ4v) is 3.20. The molecule has 0 saturated carbocycles. The van der Waals surface area contributed by atoms with Crippen molar-refractivity contribution in [1.29, 1.82) is 0 Å². The molecule has 2 aliphatic rings. The van der Waals surface area contributed by atoms with Gasteiger partial charge in [0.2, 0.25) is 0 Å². The molecule has 7 heteroatoms. The van der Waals surface area contributed by atoms with Gasteiger partial charge < -0.3 is 4.90 Å². The molecule has 112 valence electrons. The second kappa shape index (κ2) is 4.94. The average molecular weight is 297 g/mol. The molecule has 0 radical (unpaired) electrons. The van der Waals surface area contributed by atoms with Gasteiger partial charge in [0.15, 0.2) is 0 Å². The molecule has 1 aromatic heterocycles. The van der Waals surface area contributed by atoms with Crippen molar-refractivity contribution in [2.24, 2.45) is 5.92 Å². The summed E-state index contributed by atoms with van der Waals surface area (Å²) in [7, 11) is 0. The van der Waals surface area contributed by atoms with Gasteiger partial charge in [0.25, 0.3) is 5.91 Å². The Morgan fingerprint density at radius 3 is 2.64 bits per heavy atom. The molecule has 1 aliphatic heterocycles. The molecule has 0 spiro atoms. The molecule has 0 bridgehead atoms. The number of tetrazole rings is 1. The second-order valence-electron chi connectivity index (χ2n) is 5.69. The van der Waals surface area contributed by atoms with Crippen LogP contribution in [0.15, 0.2) is 41.2 Å². The first-order valence-electron chi connectivity index (χ1n) is 7.31. The van der Waals surface area contributed by atoms with Crippen LogP contribution in [0, 0.1) is 5.92 Å². The Balaban J connectivity index is 1.54. The lowest BCUT2D eigenvalue weighted by Gasteiger charge is -2.49. The van der Waals surface area contributed by atoms with Crippen molar-refractivity contribution in [1.82, 2.24) is 25.1 Å². The first-order valence-corrected chi connectivity index (χ1v) is 7.31. The zero-order valence-electron chi connectivity index (χ0n) is 11.8. The maximum absolute atomic E-state index is 12.5. The Hall–Kier alpha value is -2.70. The van der Waals surface area contributed by atoms with Crippen molar-refractivity contribution in [2.45, 2.75) is 18.9 Å². The maximum atomic E-state index is 12.5. The minimum absolute atomic E-state index is 0.0515. The van der Waals surface area contributed by atoms with Crippen LogP contribution in [0.3, 0.4) is 0 Å². The molecule has 1 aromatic carbocycles. The molecule has 4 rings (SSSR count). The first kappa shape index (κ1) is 13.0. The molecule has 7 nitrogen and oxygen atoms in total.